The zero-order valence-electron chi connectivity index (χ0n) is 21.7. The molecule has 2 aromatic rings. The summed E-state index contributed by atoms with van der Waals surface area (Å²) in [5.41, 5.74) is 8.84. The minimum Gasteiger partial charge on any atom is -0.491 e. The molecule has 1 heterocycles. The van der Waals surface area contributed by atoms with Crippen molar-refractivity contribution in [3.8, 4) is 30.4 Å². The fraction of sp³-hybridized carbons (Fsp3) is 0.433. The summed E-state index contributed by atoms with van der Waals surface area (Å²) in [5.74, 6) is 7.63. The Balaban J connectivity index is 0.000000813. The molecule has 0 fully saturated rings. The topological polar surface area (TPSA) is 64.3 Å². The van der Waals surface area contributed by atoms with Crippen molar-refractivity contribution in [2.75, 3.05) is 31.3 Å². The molecule has 190 valence electrons. The number of nitrogens with two attached hydrogens (primary N) is 1. The molecular weight excluding hydrogens is 452 g/mol. The van der Waals surface area contributed by atoms with E-state index in [1.165, 1.54) is 18.2 Å². The number of benzene rings is 2. The largest absolute Gasteiger partial charge is 0.491 e. The normalized spacial score (nSPS) is 13.9. The van der Waals surface area contributed by atoms with Gasteiger partial charge in [-0.15, -0.1) is 24.7 Å². The lowest BCUT2D eigenvalue weighted by atomic mass is 9.99. The molecule has 0 bridgehead atoms. The van der Waals surface area contributed by atoms with Gasteiger partial charge in [-0.05, 0) is 75.6 Å². The van der Waals surface area contributed by atoms with Crippen LogP contribution in [0.25, 0.3) is 0 Å². The predicted octanol–water partition coefficient (Wildman–Crippen LogP) is 6.04. The summed E-state index contributed by atoms with van der Waals surface area (Å²) in [7, 11) is 1.50. The van der Waals surface area contributed by atoms with E-state index >= 15 is 0 Å². The van der Waals surface area contributed by atoms with E-state index < -0.39 is 0 Å². The van der Waals surface area contributed by atoms with Gasteiger partial charge in [0.2, 0.25) is 0 Å². The highest BCUT2D eigenvalue weighted by atomic mass is 32.1. The Bertz CT molecular complexity index is 931. The third kappa shape index (κ3) is 14.2. The fourth-order valence-corrected chi connectivity index (χ4v) is 3.45. The molecule has 3 rings (SSSR count). The van der Waals surface area contributed by atoms with Crippen molar-refractivity contribution in [2.24, 2.45) is 17.6 Å². The SMILES string of the molecule is C#CC.C#CCC(C)CS.CN.Cc1cccc(CCCC2CNc3cc(C=O)ccc3OC2)c1. The molecule has 0 saturated carbocycles. The summed E-state index contributed by atoms with van der Waals surface area (Å²) in [5, 5.41) is 3.42. The quantitative estimate of drug-likeness (QED) is 0.249. The molecule has 1 aliphatic heterocycles. The number of aryl methyl sites for hydroxylation is 2. The van der Waals surface area contributed by atoms with Crippen molar-refractivity contribution in [1.82, 2.24) is 0 Å². The molecule has 35 heavy (non-hydrogen) atoms. The number of carbonyl (C=O) groups excluding carboxylic acids is 1. The van der Waals surface area contributed by atoms with Crippen molar-refractivity contribution in [3.05, 3.63) is 59.2 Å². The van der Waals surface area contributed by atoms with Crippen LogP contribution in [0.4, 0.5) is 5.69 Å². The molecule has 0 saturated heterocycles. The van der Waals surface area contributed by atoms with Crippen molar-refractivity contribution in [1.29, 1.82) is 0 Å². The van der Waals surface area contributed by atoms with Gasteiger partial charge < -0.3 is 15.8 Å². The molecule has 5 heteroatoms. The van der Waals surface area contributed by atoms with Gasteiger partial charge in [-0.25, -0.2) is 0 Å². The number of terminal acetylenes is 2. The van der Waals surface area contributed by atoms with E-state index in [0.717, 1.165) is 62.3 Å². The Morgan fingerprint density at radius 3 is 2.54 bits per heavy atom. The number of hydrogen-bond donors (Lipinski definition) is 3. The van der Waals surface area contributed by atoms with Crippen molar-refractivity contribution in [3.63, 3.8) is 0 Å². The van der Waals surface area contributed by atoms with E-state index in [4.69, 9.17) is 11.2 Å². The van der Waals surface area contributed by atoms with E-state index in [1.807, 2.05) is 12.1 Å². The second-order valence-corrected chi connectivity index (χ2v) is 8.66. The molecule has 0 spiro atoms. The van der Waals surface area contributed by atoms with Crippen LogP contribution in [0.1, 0.15) is 54.6 Å². The van der Waals surface area contributed by atoms with Crippen LogP contribution in [0.2, 0.25) is 0 Å². The lowest BCUT2D eigenvalue weighted by Gasteiger charge is -2.13. The van der Waals surface area contributed by atoms with Gasteiger partial charge in [-0.3, -0.25) is 4.79 Å². The summed E-state index contributed by atoms with van der Waals surface area (Å²) in [4.78, 5) is 10.9. The lowest BCUT2D eigenvalue weighted by molar-refractivity contribution is 0.112. The van der Waals surface area contributed by atoms with Gasteiger partial charge in [0.1, 0.15) is 12.0 Å². The Hall–Kier alpha value is -2.86. The molecule has 2 aromatic carbocycles. The number of aldehydes is 1. The number of nitrogens with one attached hydrogen (secondary N) is 1. The average Bonchev–Trinajstić information content (AvgIpc) is 3.08. The van der Waals surface area contributed by atoms with Crippen molar-refractivity contribution < 1.29 is 9.53 Å². The van der Waals surface area contributed by atoms with Crippen LogP contribution in [0.15, 0.2) is 42.5 Å². The number of thiol groups is 1. The molecule has 0 amide bonds. The first-order valence-electron chi connectivity index (χ1n) is 12.0. The van der Waals surface area contributed by atoms with Crippen LogP contribution in [0.5, 0.6) is 5.75 Å². The molecule has 0 radical (unpaired) electrons. The van der Waals surface area contributed by atoms with E-state index in [-0.39, 0.29) is 0 Å². The number of fused-ring (bicyclic) bond motifs is 1. The number of ether oxygens (including phenoxy) is 1. The minimum atomic E-state index is 0.492. The second kappa shape index (κ2) is 20.5. The maximum atomic E-state index is 10.9. The van der Waals surface area contributed by atoms with E-state index in [1.54, 1.807) is 13.0 Å². The highest BCUT2D eigenvalue weighted by Gasteiger charge is 2.16. The molecule has 3 N–H and O–H groups in total. The summed E-state index contributed by atoms with van der Waals surface area (Å²) in [6, 6.07) is 14.3. The van der Waals surface area contributed by atoms with Crippen LogP contribution in [-0.4, -0.2) is 32.2 Å². The summed E-state index contributed by atoms with van der Waals surface area (Å²) in [6.07, 6.45) is 14.7. The first kappa shape index (κ1) is 32.1. The predicted molar refractivity (Wildman–Crippen MR) is 155 cm³/mol. The molecule has 1 aliphatic rings. The Morgan fingerprint density at radius 2 is 1.97 bits per heavy atom. The maximum absolute atomic E-state index is 10.9. The molecule has 4 nitrogen and oxygen atoms in total. The fourth-order valence-electron chi connectivity index (χ4n) is 3.32. The Kier molecular flexibility index (Phi) is 18.8. The molecular formula is C30H42N2O2S. The Labute approximate surface area is 218 Å². The number of anilines is 1. The maximum Gasteiger partial charge on any atom is 0.150 e. The minimum absolute atomic E-state index is 0.492. The van der Waals surface area contributed by atoms with Gasteiger partial charge in [0.15, 0.2) is 0 Å². The first-order chi connectivity index (χ1) is 17.0. The van der Waals surface area contributed by atoms with Crippen molar-refractivity contribution >= 4 is 24.6 Å². The first-order valence-corrected chi connectivity index (χ1v) is 12.6. The molecule has 2 unspecified atom stereocenters. The number of hydrogen-bond acceptors (Lipinski definition) is 5. The highest BCUT2D eigenvalue weighted by Crippen LogP contribution is 2.29. The molecule has 2 atom stereocenters. The average molecular weight is 495 g/mol. The summed E-state index contributed by atoms with van der Waals surface area (Å²) in [6.45, 7) is 7.50. The number of rotatable bonds is 7. The highest BCUT2D eigenvalue weighted by molar-refractivity contribution is 7.80. The molecule has 0 aliphatic carbocycles. The third-order valence-electron chi connectivity index (χ3n) is 5.13. The summed E-state index contributed by atoms with van der Waals surface area (Å²) < 4.78 is 5.90. The number of carbonyl (C=O) groups is 1. The third-order valence-corrected chi connectivity index (χ3v) is 5.76. The van der Waals surface area contributed by atoms with E-state index in [2.05, 4.69) is 80.1 Å². The van der Waals surface area contributed by atoms with Gasteiger partial charge in [-0.1, -0.05) is 36.8 Å². The smallest absolute Gasteiger partial charge is 0.150 e. The van der Waals surface area contributed by atoms with Gasteiger partial charge in [-0.2, -0.15) is 12.6 Å². The van der Waals surface area contributed by atoms with Crippen LogP contribution in [-0.2, 0) is 6.42 Å². The zero-order chi connectivity index (χ0) is 26.5. The van der Waals surface area contributed by atoms with Gasteiger partial charge in [0.05, 0.1) is 12.3 Å². The van der Waals surface area contributed by atoms with E-state index in [0.29, 0.717) is 17.4 Å². The van der Waals surface area contributed by atoms with E-state index in [9.17, 15) is 4.79 Å². The lowest BCUT2D eigenvalue weighted by Crippen LogP contribution is -2.18. The molecule has 0 aromatic heterocycles. The van der Waals surface area contributed by atoms with Crippen LogP contribution in [0.3, 0.4) is 0 Å². The van der Waals surface area contributed by atoms with Gasteiger partial charge in [0.25, 0.3) is 0 Å². The zero-order valence-corrected chi connectivity index (χ0v) is 22.6. The van der Waals surface area contributed by atoms with Crippen LogP contribution >= 0.6 is 12.6 Å². The van der Waals surface area contributed by atoms with Gasteiger partial charge in [0, 0.05) is 24.4 Å². The Morgan fingerprint density at radius 1 is 1.26 bits per heavy atom. The standard InChI is InChI=1S/C20H23NO2.C6H10S.C3H4.CH5N/c1-15-4-2-5-16(10-15)6-3-7-18-12-21-19-11-17(13-22)8-9-20(19)23-14-18;1-3-4-6(2)5-7;1-3-2;1-2/h2,4-5,8-11,13,18,21H,3,6-7,12,14H2,1H3;1,6-7H,4-5H2,2H3;1H,2H3;2H2,1H3. The summed E-state index contributed by atoms with van der Waals surface area (Å²) >= 11 is 4.05. The van der Waals surface area contributed by atoms with Crippen molar-refractivity contribution in [2.45, 2.75) is 46.5 Å². The van der Waals surface area contributed by atoms with Gasteiger partial charge >= 0.3 is 0 Å². The second-order valence-electron chi connectivity index (χ2n) is 8.30. The van der Waals surface area contributed by atoms with Crippen LogP contribution in [0, 0.1) is 43.4 Å². The monoisotopic (exact) mass is 494 g/mol. The van der Waals surface area contributed by atoms with Crippen LogP contribution < -0.4 is 15.8 Å².